The van der Waals surface area contributed by atoms with E-state index in [-0.39, 0.29) is 0 Å². The van der Waals surface area contributed by atoms with Crippen molar-refractivity contribution in [1.29, 1.82) is 0 Å². The van der Waals surface area contributed by atoms with Gasteiger partial charge in [-0.1, -0.05) is 19.0 Å². The molecule has 1 rings (SSSR count). The third-order valence-corrected chi connectivity index (χ3v) is 2.73. The lowest BCUT2D eigenvalue weighted by Crippen LogP contribution is -2.25. The second-order valence-electron chi connectivity index (χ2n) is 3.90. The average molecular weight is 251 g/mol. The Morgan fingerprint density at radius 1 is 1.39 bits per heavy atom. The first kappa shape index (κ1) is 14.4. The van der Waals surface area contributed by atoms with Crippen molar-refractivity contribution in [1.82, 2.24) is 9.88 Å². The Morgan fingerprint density at radius 2 is 2.17 bits per heavy atom. The predicted molar refractivity (Wildman–Crippen MR) is 71.5 cm³/mol. The van der Waals surface area contributed by atoms with Gasteiger partial charge in [0.25, 0.3) is 0 Å². The third kappa shape index (κ3) is 5.14. The molecular formula is C13H21N3O2. The van der Waals surface area contributed by atoms with Crippen molar-refractivity contribution in [3.8, 4) is 5.88 Å². The molecule has 0 saturated carbocycles. The molecule has 100 valence electrons. The highest BCUT2D eigenvalue weighted by molar-refractivity contribution is 5.78. The smallest absolute Gasteiger partial charge is 0.213 e. The van der Waals surface area contributed by atoms with E-state index in [4.69, 9.17) is 9.94 Å². The number of oxime groups is 1. The minimum absolute atomic E-state index is 0.602. The zero-order valence-corrected chi connectivity index (χ0v) is 11.0. The second-order valence-corrected chi connectivity index (χ2v) is 3.90. The number of hydrogen-bond acceptors (Lipinski definition) is 5. The molecule has 0 fully saturated rings. The molecule has 0 aromatic carbocycles. The quantitative estimate of drug-likeness (QED) is 0.332. The standard InChI is InChI=1S/C13H21N3O2/c1-3-16(4-2)8-5-9-18-13-7-6-12(10-14-13)11-15-17/h6-7,10-11,17H,3-5,8-9H2,1-2H3. The summed E-state index contributed by atoms with van der Waals surface area (Å²) in [6.45, 7) is 8.17. The van der Waals surface area contributed by atoms with Crippen LogP contribution in [0.5, 0.6) is 5.88 Å². The highest BCUT2D eigenvalue weighted by Gasteiger charge is 1.99. The van der Waals surface area contributed by atoms with E-state index < -0.39 is 0 Å². The molecule has 0 aliphatic rings. The fourth-order valence-electron chi connectivity index (χ4n) is 1.62. The Labute approximate surface area is 108 Å². The van der Waals surface area contributed by atoms with Crippen LogP contribution in [0.3, 0.4) is 0 Å². The van der Waals surface area contributed by atoms with Crippen molar-refractivity contribution >= 4 is 6.21 Å². The summed E-state index contributed by atoms with van der Waals surface area (Å²) in [5.74, 6) is 0.602. The van der Waals surface area contributed by atoms with Crippen molar-refractivity contribution in [2.75, 3.05) is 26.2 Å². The topological polar surface area (TPSA) is 58.0 Å². The largest absolute Gasteiger partial charge is 0.478 e. The van der Waals surface area contributed by atoms with Crippen LogP contribution in [0.2, 0.25) is 0 Å². The van der Waals surface area contributed by atoms with Crippen LogP contribution in [0, 0.1) is 0 Å². The summed E-state index contributed by atoms with van der Waals surface area (Å²) >= 11 is 0. The molecule has 0 aliphatic heterocycles. The SMILES string of the molecule is CCN(CC)CCCOc1ccc(C=NO)cn1. The zero-order chi connectivity index (χ0) is 13.2. The van der Waals surface area contributed by atoms with Gasteiger partial charge in [-0.15, -0.1) is 0 Å². The molecule has 1 aromatic rings. The third-order valence-electron chi connectivity index (χ3n) is 2.73. The Hall–Kier alpha value is -1.62. The number of nitrogens with zero attached hydrogens (tertiary/aromatic N) is 3. The number of pyridine rings is 1. The van der Waals surface area contributed by atoms with E-state index in [9.17, 15) is 0 Å². The van der Waals surface area contributed by atoms with Crippen molar-refractivity contribution in [3.63, 3.8) is 0 Å². The lowest BCUT2D eigenvalue weighted by molar-refractivity contribution is 0.244. The molecule has 1 aromatic heterocycles. The highest BCUT2D eigenvalue weighted by atomic mass is 16.5. The molecule has 0 spiro atoms. The van der Waals surface area contributed by atoms with Crippen LogP contribution in [-0.4, -0.2) is 47.5 Å². The van der Waals surface area contributed by atoms with E-state index in [0.29, 0.717) is 12.5 Å². The van der Waals surface area contributed by atoms with Crippen molar-refractivity contribution < 1.29 is 9.94 Å². The number of hydrogen-bond donors (Lipinski definition) is 1. The van der Waals surface area contributed by atoms with Gasteiger partial charge in [0.15, 0.2) is 0 Å². The van der Waals surface area contributed by atoms with E-state index in [2.05, 4.69) is 28.9 Å². The normalized spacial score (nSPS) is 11.3. The van der Waals surface area contributed by atoms with Gasteiger partial charge in [-0.3, -0.25) is 0 Å². The molecule has 5 nitrogen and oxygen atoms in total. The van der Waals surface area contributed by atoms with Gasteiger partial charge in [-0.05, 0) is 25.6 Å². The Kier molecular flexibility index (Phi) is 6.79. The van der Waals surface area contributed by atoms with Crippen molar-refractivity contribution in [2.45, 2.75) is 20.3 Å². The minimum Gasteiger partial charge on any atom is -0.478 e. The van der Waals surface area contributed by atoms with Crippen LogP contribution in [0.1, 0.15) is 25.8 Å². The Morgan fingerprint density at radius 3 is 2.72 bits per heavy atom. The summed E-state index contributed by atoms with van der Waals surface area (Å²) in [7, 11) is 0. The van der Waals surface area contributed by atoms with Gasteiger partial charge in [0.2, 0.25) is 5.88 Å². The molecule has 1 heterocycles. The summed E-state index contributed by atoms with van der Waals surface area (Å²) < 4.78 is 5.53. The summed E-state index contributed by atoms with van der Waals surface area (Å²) in [4.78, 5) is 6.47. The Bertz CT molecular complexity index is 348. The maximum absolute atomic E-state index is 8.37. The van der Waals surface area contributed by atoms with Crippen LogP contribution in [0.15, 0.2) is 23.5 Å². The minimum atomic E-state index is 0.602. The predicted octanol–water partition coefficient (Wildman–Crippen LogP) is 2.00. The first-order valence-electron chi connectivity index (χ1n) is 6.28. The summed E-state index contributed by atoms with van der Waals surface area (Å²) in [6, 6.07) is 3.57. The number of rotatable bonds is 8. The zero-order valence-electron chi connectivity index (χ0n) is 11.0. The fourth-order valence-corrected chi connectivity index (χ4v) is 1.62. The van der Waals surface area contributed by atoms with Gasteiger partial charge in [0.1, 0.15) is 0 Å². The lowest BCUT2D eigenvalue weighted by atomic mass is 10.3. The molecule has 0 bridgehead atoms. The highest BCUT2D eigenvalue weighted by Crippen LogP contribution is 2.06. The number of ether oxygens (including phenoxy) is 1. The lowest BCUT2D eigenvalue weighted by Gasteiger charge is -2.17. The second kappa shape index (κ2) is 8.47. The molecule has 0 aliphatic carbocycles. The van der Waals surface area contributed by atoms with Gasteiger partial charge >= 0.3 is 0 Å². The van der Waals surface area contributed by atoms with Gasteiger partial charge in [0, 0.05) is 24.4 Å². The van der Waals surface area contributed by atoms with E-state index in [1.165, 1.54) is 6.21 Å². The first-order valence-corrected chi connectivity index (χ1v) is 6.28. The maximum atomic E-state index is 8.37. The molecular weight excluding hydrogens is 230 g/mol. The monoisotopic (exact) mass is 251 g/mol. The molecule has 0 radical (unpaired) electrons. The van der Waals surface area contributed by atoms with Crippen LogP contribution in [0.25, 0.3) is 0 Å². The van der Waals surface area contributed by atoms with E-state index in [0.717, 1.165) is 31.6 Å². The molecule has 0 amide bonds. The summed E-state index contributed by atoms with van der Waals surface area (Å²) in [6.07, 6.45) is 3.93. The van der Waals surface area contributed by atoms with Gasteiger partial charge in [-0.25, -0.2) is 4.98 Å². The maximum Gasteiger partial charge on any atom is 0.213 e. The first-order chi connectivity index (χ1) is 8.80. The van der Waals surface area contributed by atoms with E-state index >= 15 is 0 Å². The molecule has 0 saturated heterocycles. The van der Waals surface area contributed by atoms with Crippen LogP contribution in [0.4, 0.5) is 0 Å². The van der Waals surface area contributed by atoms with Gasteiger partial charge < -0.3 is 14.8 Å². The molecule has 5 heteroatoms. The van der Waals surface area contributed by atoms with Gasteiger partial charge in [-0.2, -0.15) is 0 Å². The van der Waals surface area contributed by atoms with Crippen LogP contribution in [-0.2, 0) is 0 Å². The molecule has 0 unspecified atom stereocenters. The fraction of sp³-hybridized carbons (Fsp3) is 0.538. The summed E-state index contributed by atoms with van der Waals surface area (Å²) in [5.41, 5.74) is 0.744. The van der Waals surface area contributed by atoms with Gasteiger partial charge in [0.05, 0.1) is 12.8 Å². The van der Waals surface area contributed by atoms with Crippen LogP contribution < -0.4 is 4.74 Å². The van der Waals surface area contributed by atoms with Crippen molar-refractivity contribution in [3.05, 3.63) is 23.9 Å². The molecule has 0 atom stereocenters. The van der Waals surface area contributed by atoms with Crippen molar-refractivity contribution in [2.24, 2.45) is 5.16 Å². The summed E-state index contributed by atoms with van der Waals surface area (Å²) in [5, 5.41) is 11.3. The van der Waals surface area contributed by atoms with E-state index in [1.807, 2.05) is 0 Å². The molecule has 18 heavy (non-hydrogen) atoms. The Balaban J connectivity index is 2.27. The number of aromatic nitrogens is 1. The van der Waals surface area contributed by atoms with Crippen LogP contribution >= 0.6 is 0 Å². The average Bonchev–Trinajstić information content (AvgIpc) is 2.41. The molecule has 1 N–H and O–H groups in total. The van der Waals surface area contributed by atoms with E-state index in [1.54, 1.807) is 18.3 Å².